The van der Waals surface area contributed by atoms with Crippen LogP contribution < -0.4 is 11.5 Å². The minimum absolute atomic E-state index is 0.102. The average molecular weight is 317 g/mol. The van der Waals surface area contributed by atoms with Crippen LogP contribution in [-0.4, -0.2) is 29.8 Å². The summed E-state index contributed by atoms with van der Waals surface area (Å²) in [6.45, 7) is 1.62. The number of benzene rings is 1. The first kappa shape index (κ1) is 16.2. The number of nitrogens with zero attached hydrogens (tertiary/aromatic N) is 1. The first-order valence-electron chi connectivity index (χ1n) is 7.03. The first-order valence-corrected chi connectivity index (χ1v) is 7.91. The van der Waals surface area contributed by atoms with Gasteiger partial charge in [-0.25, -0.2) is 0 Å². The van der Waals surface area contributed by atoms with Crippen LogP contribution >= 0.6 is 11.3 Å². The second-order valence-electron chi connectivity index (χ2n) is 4.92. The van der Waals surface area contributed by atoms with Gasteiger partial charge in [0.1, 0.15) is 0 Å². The molecule has 0 spiro atoms. The molecule has 0 unspecified atom stereocenters. The van der Waals surface area contributed by atoms with Crippen LogP contribution in [0.15, 0.2) is 41.8 Å². The van der Waals surface area contributed by atoms with Crippen LogP contribution in [0.2, 0.25) is 0 Å². The summed E-state index contributed by atoms with van der Waals surface area (Å²) >= 11 is 1.24. The van der Waals surface area contributed by atoms with Crippen molar-refractivity contribution in [1.29, 1.82) is 0 Å². The number of hydrogen-bond acceptors (Lipinski definition) is 4. The number of primary amides is 1. The number of carbonyl (C=O) groups is 2. The van der Waals surface area contributed by atoms with Crippen LogP contribution in [0.25, 0.3) is 0 Å². The van der Waals surface area contributed by atoms with E-state index in [0.717, 1.165) is 12.0 Å². The molecule has 1 aromatic heterocycles. The van der Waals surface area contributed by atoms with Gasteiger partial charge in [-0.2, -0.15) is 0 Å². The molecule has 1 aromatic carbocycles. The van der Waals surface area contributed by atoms with Crippen molar-refractivity contribution < 1.29 is 9.59 Å². The maximum absolute atomic E-state index is 12.6. The number of hydrogen-bond donors (Lipinski definition) is 2. The van der Waals surface area contributed by atoms with Crippen molar-refractivity contribution in [2.45, 2.75) is 13.0 Å². The van der Waals surface area contributed by atoms with Gasteiger partial charge in [-0.3, -0.25) is 9.59 Å². The fraction of sp³-hybridized carbons (Fsp3) is 0.250. The van der Waals surface area contributed by atoms with Crippen LogP contribution in [0.4, 0.5) is 0 Å². The van der Waals surface area contributed by atoms with Crippen LogP contribution in [0, 0.1) is 0 Å². The molecule has 4 N–H and O–H groups in total. The predicted octanol–water partition coefficient (Wildman–Crippen LogP) is 1.84. The van der Waals surface area contributed by atoms with E-state index in [1.165, 1.54) is 11.3 Å². The van der Waals surface area contributed by atoms with Crippen molar-refractivity contribution in [3.8, 4) is 0 Å². The third-order valence-corrected chi connectivity index (χ3v) is 4.15. The second kappa shape index (κ2) is 7.72. The highest BCUT2D eigenvalue weighted by molar-refractivity contribution is 7.12. The van der Waals surface area contributed by atoms with E-state index in [9.17, 15) is 9.59 Å². The molecule has 0 aliphatic heterocycles. The highest BCUT2D eigenvalue weighted by atomic mass is 32.1. The minimum atomic E-state index is -0.521. The number of thiophene rings is 1. The summed E-state index contributed by atoms with van der Waals surface area (Å²) in [6, 6.07) is 11.3. The Morgan fingerprint density at radius 3 is 2.50 bits per heavy atom. The second-order valence-corrected chi connectivity index (χ2v) is 5.83. The number of nitrogens with two attached hydrogens (primary N) is 2. The Morgan fingerprint density at radius 2 is 1.91 bits per heavy atom. The predicted molar refractivity (Wildman–Crippen MR) is 87.7 cm³/mol. The fourth-order valence-electron chi connectivity index (χ4n) is 2.07. The summed E-state index contributed by atoms with van der Waals surface area (Å²) < 4.78 is 0. The van der Waals surface area contributed by atoms with Crippen molar-refractivity contribution in [3.63, 3.8) is 0 Å². The summed E-state index contributed by atoms with van der Waals surface area (Å²) in [4.78, 5) is 26.1. The van der Waals surface area contributed by atoms with E-state index >= 15 is 0 Å². The van der Waals surface area contributed by atoms with E-state index in [1.807, 2.05) is 30.3 Å². The van der Waals surface area contributed by atoms with Gasteiger partial charge in [-0.05, 0) is 24.6 Å². The molecule has 0 saturated heterocycles. The molecule has 2 rings (SSSR count). The standard InChI is InChI=1S/C16H19N3O2S/c17-7-4-8-19(10-12-5-2-1-3-6-12)16(21)14-9-13(11-22-14)15(18)20/h1-3,5-6,9,11H,4,7-8,10,17H2,(H2,18,20). The molecule has 0 aliphatic carbocycles. The maximum Gasteiger partial charge on any atom is 0.264 e. The Hall–Kier alpha value is -2.18. The number of amides is 2. The molecule has 0 bridgehead atoms. The van der Waals surface area contributed by atoms with E-state index < -0.39 is 5.91 Å². The van der Waals surface area contributed by atoms with Crippen molar-refractivity contribution in [2.75, 3.05) is 13.1 Å². The molecular weight excluding hydrogens is 298 g/mol. The average Bonchev–Trinajstić information content (AvgIpc) is 3.02. The van der Waals surface area contributed by atoms with Gasteiger partial charge in [0.05, 0.1) is 10.4 Å². The van der Waals surface area contributed by atoms with E-state index in [1.54, 1.807) is 16.3 Å². The number of rotatable bonds is 7. The smallest absolute Gasteiger partial charge is 0.264 e. The van der Waals surface area contributed by atoms with Gasteiger partial charge in [0, 0.05) is 18.5 Å². The van der Waals surface area contributed by atoms with Gasteiger partial charge in [0.2, 0.25) is 5.91 Å². The normalized spacial score (nSPS) is 10.4. The molecule has 2 aromatic rings. The zero-order chi connectivity index (χ0) is 15.9. The zero-order valence-electron chi connectivity index (χ0n) is 12.2. The van der Waals surface area contributed by atoms with Crippen molar-refractivity contribution >= 4 is 23.2 Å². The van der Waals surface area contributed by atoms with Crippen LogP contribution in [0.5, 0.6) is 0 Å². The lowest BCUT2D eigenvalue weighted by Gasteiger charge is -2.22. The zero-order valence-corrected chi connectivity index (χ0v) is 13.0. The maximum atomic E-state index is 12.6. The molecule has 6 heteroatoms. The molecule has 22 heavy (non-hydrogen) atoms. The highest BCUT2D eigenvalue weighted by Gasteiger charge is 2.18. The van der Waals surface area contributed by atoms with E-state index in [-0.39, 0.29) is 5.91 Å². The number of carbonyl (C=O) groups excluding carboxylic acids is 2. The highest BCUT2D eigenvalue weighted by Crippen LogP contribution is 2.18. The van der Waals surface area contributed by atoms with Gasteiger partial charge in [-0.15, -0.1) is 11.3 Å². The molecule has 0 radical (unpaired) electrons. The summed E-state index contributed by atoms with van der Waals surface area (Å²) in [5, 5.41) is 1.61. The third kappa shape index (κ3) is 4.16. The Morgan fingerprint density at radius 1 is 1.18 bits per heavy atom. The SMILES string of the molecule is NCCCN(Cc1ccccc1)C(=O)c1cc(C(N)=O)cs1. The van der Waals surface area contributed by atoms with Gasteiger partial charge in [-0.1, -0.05) is 30.3 Å². The van der Waals surface area contributed by atoms with Crippen LogP contribution in [-0.2, 0) is 6.54 Å². The van der Waals surface area contributed by atoms with Crippen molar-refractivity contribution in [2.24, 2.45) is 11.5 Å². The Bertz CT molecular complexity index is 640. The molecule has 1 heterocycles. The van der Waals surface area contributed by atoms with E-state index in [0.29, 0.717) is 30.1 Å². The molecule has 116 valence electrons. The lowest BCUT2D eigenvalue weighted by atomic mass is 10.2. The molecule has 0 fully saturated rings. The quantitative estimate of drug-likeness (QED) is 0.816. The summed E-state index contributed by atoms with van der Waals surface area (Å²) in [5.74, 6) is -0.623. The fourth-order valence-corrected chi connectivity index (χ4v) is 2.93. The molecule has 0 saturated carbocycles. The van der Waals surface area contributed by atoms with Crippen LogP contribution in [0.1, 0.15) is 32.0 Å². The van der Waals surface area contributed by atoms with E-state index in [4.69, 9.17) is 11.5 Å². The van der Waals surface area contributed by atoms with Gasteiger partial charge in [0.15, 0.2) is 0 Å². The summed E-state index contributed by atoms with van der Waals surface area (Å²) in [7, 11) is 0. The van der Waals surface area contributed by atoms with E-state index in [2.05, 4.69) is 0 Å². The Balaban J connectivity index is 2.16. The van der Waals surface area contributed by atoms with Gasteiger partial charge in [0.25, 0.3) is 5.91 Å². The molecule has 2 amide bonds. The topological polar surface area (TPSA) is 89.4 Å². The molecule has 0 aliphatic rings. The van der Waals surface area contributed by atoms with Crippen molar-refractivity contribution in [1.82, 2.24) is 4.90 Å². The van der Waals surface area contributed by atoms with Crippen molar-refractivity contribution in [3.05, 3.63) is 57.8 Å². The monoisotopic (exact) mass is 317 g/mol. The Labute approximate surface area is 133 Å². The third-order valence-electron chi connectivity index (χ3n) is 3.23. The molecule has 5 nitrogen and oxygen atoms in total. The lowest BCUT2D eigenvalue weighted by Crippen LogP contribution is -2.32. The Kier molecular flexibility index (Phi) is 5.68. The summed E-state index contributed by atoms with van der Waals surface area (Å²) in [6.07, 6.45) is 0.729. The lowest BCUT2D eigenvalue weighted by molar-refractivity contribution is 0.0747. The van der Waals surface area contributed by atoms with Gasteiger partial charge < -0.3 is 16.4 Å². The largest absolute Gasteiger partial charge is 0.366 e. The van der Waals surface area contributed by atoms with Gasteiger partial charge >= 0.3 is 0 Å². The molecule has 0 atom stereocenters. The summed E-state index contributed by atoms with van der Waals surface area (Å²) in [5.41, 5.74) is 12.2. The molecular formula is C16H19N3O2S. The minimum Gasteiger partial charge on any atom is -0.366 e. The van der Waals surface area contributed by atoms with Crippen LogP contribution in [0.3, 0.4) is 0 Å². The first-order chi connectivity index (χ1) is 10.6.